The molecular formula is C18H24N2O. The first-order chi connectivity index (χ1) is 9.88. The average Bonchev–Trinajstić information content (AvgIpc) is 2.44. The predicted octanol–water partition coefficient (Wildman–Crippen LogP) is 3.81. The summed E-state index contributed by atoms with van der Waals surface area (Å²) in [4.78, 5) is 11.9. The van der Waals surface area contributed by atoms with Gasteiger partial charge in [-0.3, -0.25) is 4.79 Å². The third-order valence-electron chi connectivity index (χ3n) is 3.27. The summed E-state index contributed by atoms with van der Waals surface area (Å²) < 4.78 is 0. The van der Waals surface area contributed by atoms with Crippen LogP contribution >= 0.6 is 0 Å². The Hall–Kier alpha value is -2.08. The summed E-state index contributed by atoms with van der Waals surface area (Å²) >= 11 is 0. The molecule has 112 valence electrons. The zero-order chi connectivity index (χ0) is 15.9. The lowest BCUT2D eigenvalue weighted by Gasteiger charge is -2.18. The van der Waals surface area contributed by atoms with Gasteiger partial charge >= 0.3 is 0 Å². The lowest BCUT2D eigenvalue weighted by Crippen LogP contribution is -2.25. The third-order valence-corrected chi connectivity index (χ3v) is 3.27. The largest absolute Gasteiger partial charge is 0.351 e. The van der Waals surface area contributed by atoms with Crippen molar-refractivity contribution in [3.8, 4) is 6.07 Å². The SMILES string of the molecule is CCCCNC(=O)/C(C#N)=C\c1ccc(C(C)(C)C)cc1. The molecule has 1 N–H and O–H groups in total. The summed E-state index contributed by atoms with van der Waals surface area (Å²) in [5, 5.41) is 11.9. The minimum atomic E-state index is -0.300. The minimum Gasteiger partial charge on any atom is -0.351 e. The van der Waals surface area contributed by atoms with Crippen LogP contribution in [0.1, 0.15) is 51.7 Å². The molecule has 3 heteroatoms. The van der Waals surface area contributed by atoms with Crippen LogP contribution in [0.2, 0.25) is 0 Å². The Morgan fingerprint density at radius 1 is 1.29 bits per heavy atom. The van der Waals surface area contributed by atoms with E-state index in [1.807, 2.05) is 30.3 Å². The number of nitriles is 1. The quantitative estimate of drug-likeness (QED) is 0.508. The van der Waals surface area contributed by atoms with Crippen LogP contribution in [0.4, 0.5) is 0 Å². The van der Waals surface area contributed by atoms with Gasteiger partial charge in [-0.15, -0.1) is 0 Å². The number of hydrogen-bond donors (Lipinski definition) is 1. The number of amides is 1. The second-order valence-corrected chi connectivity index (χ2v) is 6.15. The zero-order valence-electron chi connectivity index (χ0n) is 13.4. The lowest BCUT2D eigenvalue weighted by atomic mass is 9.86. The zero-order valence-corrected chi connectivity index (χ0v) is 13.4. The van der Waals surface area contributed by atoms with E-state index in [0.29, 0.717) is 6.54 Å². The van der Waals surface area contributed by atoms with E-state index >= 15 is 0 Å². The molecule has 0 aliphatic rings. The first-order valence-corrected chi connectivity index (χ1v) is 7.39. The van der Waals surface area contributed by atoms with Crippen LogP contribution in [-0.4, -0.2) is 12.5 Å². The molecule has 1 aromatic carbocycles. The Morgan fingerprint density at radius 2 is 1.90 bits per heavy atom. The molecule has 1 aromatic rings. The maximum atomic E-state index is 11.9. The molecule has 0 aliphatic heterocycles. The molecule has 0 atom stereocenters. The molecule has 0 fully saturated rings. The highest BCUT2D eigenvalue weighted by molar-refractivity contribution is 6.01. The maximum absolute atomic E-state index is 11.9. The van der Waals surface area contributed by atoms with Crippen LogP contribution in [-0.2, 0) is 10.2 Å². The van der Waals surface area contributed by atoms with E-state index in [1.54, 1.807) is 6.08 Å². The van der Waals surface area contributed by atoms with E-state index in [9.17, 15) is 4.79 Å². The molecule has 0 saturated carbocycles. The van der Waals surface area contributed by atoms with Gasteiger partial charge in [0.05, 0.1) is 0 Å². The van der Waals surface area contributed by atoms with Crippen molar-refractivity contribution in [1.29, 1.82) is 5.26 Å². The van der Waals surface area contributed by atoms with Gasteiger partial charge in [-0.05, 0) is 29.0 Å². The molecule has 0 aromatic heterocycles. The van der Waals surface area contributed by atoms with Crippen molar-refractivity contribution in [2.75, 3.05) is 6.54 Å². The number of nitrogens with one attached hydrogen (secondary N) is 1. The van der Waals surface area contributed by atoms with Gasteiger partial charge in [-0.1, -0.05) is 58.4 Å². The van der Waals surface area contributed by atoms with Crippen LogP contribution < -0.4 is 5.32 Å². The summed E-state index contributed by atoms with van der Waals surface area (Å²) in [7, 11) is 0. The average molecular weight is 284 g/mol. The van der Waals surface area contributed by atoms with Crippen LogP contribution in [0.3, 0.4) is 0 Å². The summed E-state index contributed by atoms with van der Waals surface area (Å²) in [5.74, 6) is -0.300. The molecule has 21 heavy (non-hydrogen) atoms. The Kier molecular flexibility index (Phi) is 6.17. The van der Waals surface area contributed by atoms with E-state index < -0.39 is 0 Å². The van der Waals surface area contributed by atoms with Gasteiger partial charge in [0.15, 0.2) is 0 Å². The van der Waals surface area contributed by atoms with Crippen molar-refractivity contribution in [2.45, 2.75) is 46.0 Å². The molecule has 0 spiro atoms. The molecule has 0 bridgehead atoms. The molecule has 3 nitrogen and oxygen atoms in total. The summed E-state index contributed by atoms with van der Waals surface area (Å²) in [6.07, 6.45) is 3.57. The number of unbranched alkanes of at least 4 members (excludes halogenated alkanes) is 1. The fourth-order valence-electron chi connectivity index (χ4n) is 1.87. The van der Waals surface area contributed by atoms with Crippen molar-refractivity contribution in [1.82, 2.24) is 5.32 Å². The fraction of sp³-hybridized carbons (Fsp3) is 0.444. The third kappa shape index (κ3) is 5.43. The van der Waals surface area contributed by atoms with E-state index in [1.165, 1.54) is 5.56 Å². The molecular weight excluding hydrogens is 260 g/mol. The van der Waals surface area contributed by atoms with Gasteiger partial charge in [-0.2, -0.15) is 5.26 Å². The Balaban J connectivity index is 2.84. The van der Waals surface area contributed by atoms with Crippen LogP contribution in [0.5, 0.6) is 0 Å². The van der Waals surface area contributed by atoms with Crippen molar-refractivity contribution in [2.24, 2.45) is 0 Å². The standard InChI is InChI=1S/C18H24N2O/c1-5-6-11-20-17(21)15(13-19)12-14-7-9-16(10-8-14)18(2,3)4/h7-10,12H,5-6,11H2,1-4H3,(H,20,21)/b15-12-. The highest BCUT2D eigenvalue weighted by Gasteiger charge is 2.13. The number of carbonyl (C=O) groups excluding carboxylic acids is 1. The number of rotatable bonds is 5. The second-order valence-electron chi connectivity index (χ2n) is 6.15. The Labute approximate surface area is 127 Å². The number of carbonyl (C=O) groups is 1. The molecule has 0 unspecified atom stereocenters. The van der Waals surface area contributed by atoms with Crippen molar-refractivity contribution in [3.05, 3.63) is 41.0 Å². The Morgan fingerprint density at radius 3 is 2.38 bits per heavy atom. The summed E-state index contributed by atoms with van der Waals surface area (Å²) in [5.41, 5.74) is 2.34. The molecule has 0 radical (unpaired) electrons. The first-order valence-electron chi connectivity index (χ1n) is 7.39. The highest BCUT2D eigenvalue weighted by atomic mass is 16.1. The van der Waals surface area contributed by atoms with Crippen LogP contribution in [0.15, 0.2) is 29.8 Å². The van der Waals surface area contributed by atoms with Gasteiger partial charge in [0, 0.05) is 6.54 Å². The molecule has 0 heterocycles. The van der Waals surface area contributed by atoms with Gasteiger partial charge in [-0.25, -0.2) is 0 Å². The topological polar surface area (TPSA) is 52.9 Å². The number of benzene rings is 1. The maximum Gasteiger partial charge on any atom is 0.261 e. The molecule has 0 aliphatic carbocycles. The minimum absolute atomic E-state index is 0.0951. The second kappa shape index (κ2) is 7.64. The number of hydrogen-bond acceptors (Lipinski definition) is 2. The van der Waals surface area contributed by atoms with Crippen molar-refractivity contribution >= 4 is 12.0 Å². The van der Waals surface area contributed by atoms with Gasteiger partial charge in [0.25, 0.3) is 5.91 Å². The first kappa shape index (κ1) is 17.0. The smallest absolute Gasteiger partial charge is 0.261 e. The fourth-order valence-corrected chi connectivity index (χ4v) is 1.87. The predicted molar refractivity (Wildman–Crippen MR) is 86.6 cm³/mol. The molecule has 1 amide bonds. The number of nitrogens with zero attached hydrogens (tertiary/aromatic N) is 1. The van der Waals surface area contributed by atoms with E-state index in [4.69, 9.17) is 5.26 Å². The lowest BCUT2D eigenvalue weighted by molar-refractivity contribution is -0.117. The van der Waals surface area contributed by atoms with Gasteiger partial charge < -0.3 is 5.32 Å². The normalized spacial score (nSPS) is 11.9. The highest BCUT2D eigenvalue weighted by Crippen LogP contribution is 2.22. The summed E-state index contributed by atoms with van der Waals surface area (Å²) in [6, 6.07) is 9.93. The van der Waals surface area contributed by atoms with E-state index in [-0.39, 0.29) is 16.9 Å². The van der Waals surface area contributed by atoms with E-state index in [0.717, 1.165) is 18.4 Å². The summed E-state index contributed by atoms with van der Waals surface area (Å²) in [6.45, 7) is 9.13. The van der Waals surface area contributed by atoms with Crippen molar-refractivity contribution < 1.29 is 4.79 Å². The molecule has 0 saturated heterocycles. The van der Waals surface area contributed by atoms with Gasteiger partial charge in [0.2, 0.25) is 0 Å². The van der Waals surface area contributed by atoms with Crippen LogP contribution in [0, 0.1) is 11.3 Å². The monoisotopic (exact) mass is 284 g/mol. The van der Waals surface area contributed by atoms with Crippen LogP contribution in [0.25, 0.3) is 6.08 Å². The molecule has 1 rings (SSSR count). The Bertz CT molecular complexity index is 542. The van der Waals surface area contributed by atoms with E-state index in [2.05, 4.69) is 33.0 Å². The van der Waals surface area contributed by atoms with Crippen molar-refractivity contribution in [3.63, 3.8) is 0 Å². The van der Waals surface area contributed by atoms with Gasteiger partial charge in [0.1, 0.15) is 11.6 Å².